The van der Waals surface area contributed by atoms with Crippen LogP contribution in [0.15, 0.2) is 11.8 Å². The Balaban J connectivity index is 2.47. The third kappa shape index (κ3) is 0.850. The molecule has 0 bridgehead atoms. The van der Waals surface area contributed by atoms with E-state index in [0.29, 0.717) is 12.8 Å². The van der Waals surface area contributed by atoms with Crippen molar-refractivity contribution in [3.05, 3.63) is 21.9 Å². The van der Waals surface area contributed by atoms with Crippen LogP contribution in [0.5, 0.6) is 0 Å². The first kappa shape index (κ1) is 8.86. The van der Waals surface area contributed by atoms with E-state index in [0.717, 1.165) is 0 Å². The molecule has 0 saturated carbocycles. The molecule has 6 nitrogen and oxygen atoms in total. The van der Waals surface area contributed by atoms with Crippen LogP contribution >= 0.6 is 0 Å². The minimum Gasteiger partial charge on any atom is -0.391 e. The van der Waals surface area contributed by atoms with Crippen LogP contribution in [0.4, 0.5) is 0 Å². The molecule has 6 heteroatoms. The predicted molar refractivity (Wildman–Crippen MR) is 42.5 cm³/mol. The maximum absolute atomic E-state index is 11.1. The summed E-state index contributed by atoms with van der Waals surface area (Å²) in [4.78, 5) is 32.3. The van der Waals surface area contributed by atoms with E-state index in [9.17, 15) is 19.7 Å². The lowest BCUT2D eigenvalue weighted by molar-refractivity contribution is -0.440. The number of nitro groups is 1. The second-order valence-electron chi connectivity index (χ2n) is 3.32. The standard InChI is InChI=1S/C8H7NO5/c10-6-8(7(11)14-6)4-2-1-3-5(8)9(12)13/h3H,1-2,4H2. The van der Waals surface area contributed by atoms with Crippen LogP contribution in [0.1, 0.15) is 19.3 Å². The number of carbonyl (C=O) groups is 2. The Morgan fingerprint density at radius 2 is 2.07 bits per heavy atom. The smallest absolute Gasteiger partial charge is 0.342 e. The molecule has 14 heavy (non-hydrogen) atoms. The number of nitrogens with zero attached hydrogens (tertiary/aromatic N) is 1. The number of rotatable bonds is 1. The Morgan fingerprint density at radius 1 is 1.43 bits per heavy atom. The zero-order valence-electron chi connectivity index (χ0n) is 7.19. The van der Waals surface area contributed by atoms with E-state index in [-0.39, 0.29) is 12.1 Å². The van der Waals surface area contributed by atoms with E-state index in [1.165, 1.54) is 6.08 Å². The van der Waals surface area contributed by atoms with Gasteiger partial charge in [0, 0.05) is 0 Å². The quantitative estimate of drug-likeness (QED) is 0.263. The van der Waals surface area contributed by atoms with Gasteiger partial charge in [-0.3, -0.25) is 10.1 Å². The van der Waals surface area contributed by atoms with Gasteiger partial charge >= 0.3 is 11.9 Å². The van der Waals surface area contributed by atoms with Gasteiger partial charge in [0.05, 0.1) is 4.92 Å². The maximum Gasteiger partial charge on any atom is 0.342 e. The Bertz CT molecular complexity index is 356. The fourth-order valence-corrected chi connectivity index (χ4v) is 1.85. The van der Waals surface area contributed by atoms with Crippen LogP contribution in [-0.2, 0) is 14.3 Å². The van der Waals surface area contributed by atoms with Gasteiger partial charge < -0.3 is 4.74 Å². The van der Waals surface area contributed by atoms with Gasteiger partial charge in [-0.05, 0) is 25.3 Å². The van der Waals surface area contributed by atoms with Crippen molar-refractivity contribution >= 4 is 11.9 Å². The first-order valence-electron chi connectivity index (χ1n) is 4.21. The normalized spacial score (nSPS) is 23.9. The van der Waals surface area contributed by atoms with Crippen molar-refractivity contribution in [1.29, 1.82) is 0 Å². The lowest BCUT2D eigenvalue weighted by atomic mass is 9.73. The van der Waals surface area contributed by atoms with Gasteiger partial charge in [-0.25, -0.2) is 9.59 Å². The fraction of sp³-hybridized carbons (Fsp3) is 0.500. The van der Waals surface area contributed by atoms with Crippen LogP contribution < -0.4 is 0 Å². The highest BCUT2D eigenvalue weighted by Gasteiger charge is 2.67. The molecule has 2 aliphatic rings. The second-order valence-corrected chi connectivity index (χ2v) is 3.32. The highest BCUT2D eigenvalue weighted by molar-refractivity contribution is 6.16. The summed E-state index contributed by atoms with van der Waals surface area (Å²) in [6, 6.07) is 0. The third-order valence-corrected chi connectivity index (χ3v) is 2.61. The average Bonchev–Trinajstić information content (AvgIpc) is 2.18. The van der Waals surface area contributed by atoms with Gasteiger partial charge in [-0.15, -0.1) is 0 Å². The van der Waals surface area contributed by atoms with Crippen molar-refractivity contribution < 1.29 is 19.2 Å². The molecule has 0 aromatic heterocycles. The Labute approximate surface area is 78.7 Å². The monoisotopic (exact) mass is 197 g/mol. The largest absolute Gasteiger partial charge is 0.391 e. The molecular formula is C8H7NO5. The first-order valence-corrected chi connectivity index (χ1v) is 4.21. The summed E-state index contributed by atoms with van der Waals surface area (Å²) in [6.07, 6.45) is 2.65. The Morgan fingerprint density at radius 3 is 2.50 bits per heavy atom. The van der Waals surface area contributed by atoms with Crippen molar-refractivity contribution in [2.75, 3.05) is 0 Å². The molecule has 0 radical (unpaired) electrons. The van der Waals surface area contributed by atoms with Crippen molar-refractivity contribution in [1.82, 2.24) is 0 Å². The van der Waals surface area contributed by atoms with Crippen LogP contribution in [0.2, 0.25) is 0 Å². The molecule has 74 valence electrons. The lowest BCUT2D eigenvalue weighted by Crippen LogP contribution is -2.56. The molecular weight excluding hydrogens is 190 g/mol. The summed E-state index contributed by atoms with van der Waals surface area (Å²) in [7, 11) is 0. The molecule has 0 aromatic carbocycles. The molecule has 0 unspecified atom stereocenters. The molecule has 1 spiro atoms. The van der Waals surface area contributed by atoms with Gasteiger partial charge in [-0.2, -0.15) is 0 Å². The Hall–Kier alpha value is -1.72. The van der Waals surface area contributed by atoms with Crippen LogP contribution in [-0.4, -0.2) is 16.9 Å². The summed E-state index contributed by atoms with van der Waals surface area (Å²) < 4.78 is 4.19. The van der Waals surface area contributed by atoms with E-state index in [4.69, 9.17) is 0 Å². The molecule has 1 aliphatic heterocycles. The molecule has 2 rings (SSSR count). The van der Waals surface area contributed by atoms with E-state index in [2.05, 4.69) is 4.74 Å². The number of carbonyl (C=O) groups excluding carboxylic acids is 2. The average molecular weight is 197 g/mol. The zero-order valence-corrected chi connectivity index (χ0v) is 7.19. The molecule has 1 heterocycles. The topological polar surface area (TPSA) is 86.5 Å². The molecule has 1 saturated heterocycles. The summed E-state index contributed by atoms with van der Waals surface area (Å²) >= 11 is 0. The minimum atomic E-state index is -1.58. The van der Waals surface area contributed by atoms with Crippen molar-refractivity contribution in [3.8, 4) is 0 Å². The van der Waals surface area contributed by atoms with E-state index in [1.54, 1.807) is 0 Å². The minimum absolute atomic E-state index is 0.192. The van der Waals surface area contributed by atoms with Gasteiger partial charge in [0.15, 0.2) is 0 Å². The van der Waals surface area contributed by atoms with Crippen molar-refractivity contribution in [2.45, 2.75) is 19.3 Å². The third-order valence-electron chi connectivity index (χ3n) is 2.61. The number of ether oxygens (including phenoxy) is 1. The lowest BCUT2D eigenvalue weighted by Gasteiger charge is -2.35. The summed E-state index contributed by atoms with van der Waals surface area (Å²) in [6.45, 7) is 0. The number of allylic oxidation sites excluding steroid dienone is 1. The molecule has 1 fully saturated rings. The highest BCUT2D eigenvalue weighted by atomic mass is 16.6. The summed E-state index contributed by atoms with van der Waals surface area (Å²) in [5.41, 5.74) is -1.90. The number of hydrogen-bond acceptors (Lipinski definition) is 5. The van der Waals surface area contributed by atoms with Crippen molar-refractivity contribution in [2.24, 2.45) is 5.41 Å². The molecule has 0 aromatic rings. The zero-order chi connectivity index (χ0) is 10.3. The van der Waals surface area contributed by atoms with E-state index < -0.39 is 22.3 Å². The van der Waals surface area contributed by atoms with Gasteiger partial charge in [-0.1, -0.05) is 0 Å². The Kier molecular flexibility index (Phi) is 1.67. The number of cyclic esters (lactones) is 2. The van der Waals surface area contributed by atoms with Crippen molar-refractivity contribution in [3.63, 3.8) is 0 Å². The van der Waals surface area contributed by atoms with Gasteiger partial charge in [0.2, 0.25) is 0 Å². The predicted octanol–water partition coefficient (Wildman–Crippen LogP) is 0.401. The van der Waals surface area contributed by atoms with Crippen LogP contribution in [0.3, 0.4) is 0 Å². The second kappa shape index (κ2) is 2.63. The summed E-state index contributed by atoms with van der Waals surface area (Å²) in [5.74, 6) is -1.57. The molecule has 0 amide bonds. The first-order chi connectivity index (χ1) is 6.59. The van der Waals surface area contributed by atoms with E-state index >= 15 is 0 Å². The molecule has 0 N–H and O–H groups in total. The van der Waals surface area contributed by atoms with Crippen LogP contribution in [0, 0.1) is 15.5 Å². The maximum atomic E-state index is 11.1. The molecule has 1 aliphatic carbocycles. The SMILES string of the molecule is O=C1OC(=O)C12CCCC=C2[N+](=O)[O-]. The van der Waals surface area contributed by atoms with E-state index in [1.807, 2.05) is 0 Å². The summed E-state index contributed by atoms with van der Waals surface area (Å²) in [5, 5.41) is 10.6. The van der Waals surface area contributed by atoms with Gasteiger partial charge in [0.1, 0.15) is 0 Å². The van der Waals surface area contributed by atoms with Gasteiger partial charge in [0.25, 0.3) is 11.1 Å². The van der Waals surface area contributed by atoms with Crippen LogP contribution in [0.25, 0.3) is 0 Å². The number of esters is 2. The highest BCUT2D eigenvalue weighted by Crippen LogP contribution is 2.45. The molecule has 0 atom stereocenters. The number of hydrogen-bond donors (Lipinski definition) is 0. The fourth-order valence-electron chi connectivity index (χ4n) is 1.85.